The molecule has 8 nitrogen and oxygen atoms in total. The van der Waals surface area contributed by atoms with Crippen molar-refractivity contribution in [1.29, 1.82) is 5.26 Å². The Morgan fingerprint density at radius 3 is 2.07 bits per heavy atom. The minimum absolute atomic E-state index is 0.0227. The van der Waals surface area contributed by atoms with Crippen molar-refractivity contribution in [3.63, 3.8) is 0 Å². The fourth-order valence-electron chi connectivity index (χ4n) is 4.52. The highest BCUT2D eigenvalue weighted by Crippen LogP contribution is 2.37. The summed E-state index contributed by atoms with van der Waals surface area (Å²) >= 11 is 0. The number of nitrogens with one attached hydrogen (secondary N) is 1. The van der Waals surface area contributed by atoms with Gasteiger partial charge in [-0.3, -0.25) is 14.9 Å². The van der Waals surface area contributed by atoms with E-state index in [9.17, 15) is 20.2 Å². The predicted molar refractivity (Wildman–Crippen MR) is 159 cm³/mol. The van der Waals surface area contributed by atoms with Gasteiger partial charge in [0.15, 0.2) is 0 Å². The van der Waals surface area contributed by atoms with Gasteiger partial charge in [0.25, 0.3) is 11.6 Å². The van der Waals surface area contributed by atoms with Gasteiger partial charge in [0.2, 0.25) is 0 Å². The number of carbonyl (C=O) groups is 1. The molecule has 4 aromatic carbocycles. The number of nitro groups is 1. The van der Waals surface area contributed by atoms with E-state index in [0.29, 0.717) is 22.7 Å². The molecule has 1 amide bonds. The topological polar surface area (TPSA) is 110 Å². The molecule has 200 valence electrons. The summed E-state index contributed by atoms with van der Waals surface area (Å²) in [6.45, 7) is 0. The lowest BCUT2D eigenvalue weighted by atomic mass is 10.0. The summed E-state index contributed by atoms with van der Waals surface area (Å²) in [5.41, 5.74) is 4.98. The number of nitriles is 1. The Bertz CT molecular complexity index is 1770. The van der Waals surface area contributed by atoms with Crippen LogP contribution in [-0.4, -0.2) is 22.5 Å². The summed E-state index contributed by atoms with van der Waals surface area (Å²) in [4.78, 5) is 24.1. The Labute approximate surface area is 236 Å². The Hall–Kier alpha value is -5.94. The van der Waals surface area contributed by atoms with Crippen LogP contribution in [0.5, 0.6) is 5.75 Å². The van der Waals surface area contributed by atoms with Gasteiger partial charge in [-0.2, -0.15) is 5.26 Å². The Balaban J connectivity index is 1.69. The maximum Gasteiger partial charge on any atom is 0.269 e. The molecule has 41 heavy (non-hydrogen) atoms. The summed E-state index contributed by atoms with van der Waals surface area (Å²) in [6, 6.07) is 36.3. The Morgan fingerprint density at radius 2 is 1.51 bits per heavy atom. The summed E-state index contributed by atoms with van der Waals surface area (Å²) in [5, 5.41) is 24.1. The number of nitrogens with zero attached hydrogens (tertiary/aromatic N) is 3. The lowest BCUT2D eigenvalue weighted by Gasteiger charge is -2.15. The molecular weight excluding hydrogens is 516 g/mol. The molecule has 0 aliphatic heterocycles. The van der Waals surface area contributed by atoms with Gasteiger partial charge < -0.3 is 14.6 Å². The number of nitro benzene ring substituents is 1. The van der Waals surface area contributed by atoms with E-state index in [1.807, 2.05) is 77.4 Å². The highest BCUT2D eigenvalue weighted by molar-refractivity contribution is 6.10. The number of hydrogen-bond acceptors (Lipinski definition) is 5. The largest absolute Gasteiger partial charge is 0.497 e. The lowest BCUT2D eigenvalue weighted by molar-refractivity contribution is -0.384. The molecule has 1 N–H and O–H groups in total. The van der Waals surface area contributed by atoms with Crippen LogP contribution in [0.15, 0.2) is 121 Å². The number of anilines is 1. The average Bonchev–Trinajstić information content (AvgIpc) is 3.40. The third-order valence-corrected chi connectivity index (χ3v) is 6.48. The fraction of sp³-hybridized carbons (Fsp3) is 0.0303. The number of ether oxygens (including phenoxy) is 1. The van der Waals surface area contributed by atoms with Crippen molar-refractivity contribution in [2.45, 2.75) is 0 Å². The van der Waals surface area contributed by atoms with E-state index in [4.69, 9.17) is 4.74 Å². The number of aromatic nitrogens is 1. The summed E-state index contributed by atoms with van der Waals surface area (Å²) in [5.74, 6) is 0.0913. The molecule has 0 saturated heterocycles. The third-order valence-electron chi connectivity index (χ3n) is 6.48. The van der Waals surface area contributed by atoms with Gasteiger partial charge >= 0.3 is 0 Å². The predicted octanol–water partition coefficient (Wildman–Crippen LogP) is 7.27. The number of non-ortho nitro benzene ring substituents is 1. The quantitative estimate of drug-likeness (QED) is 0.0963. The standard InChI is InChI=1S/C33H24N4O4/c1-41-30-18-12-27(13-19-30)35-33(38)26(22-34)20-25-21-31(23-8-4-2-5-9-23)36(32(25)24-10-6-3-7-11-24)28-14-16-29(17-15-28)37(39)40/h2-21H,1H3,(H,35,38)/b26-20+. The van der Waals surface area contributed by atoms with E-state index in [1.54, 1.807) is 49.6 Å². The van der Waals surface area contributed by atoms with Gasteiger partial charge in [-0.25, -0.2) is 0 Å². The molecule has 8 heteroatoms. The van der Waals surface area contributed by atoms with Crippen molar-refractivity contribution < 1.29 is 14.5 Å². The second-order valence-corrected chi connectivity index (χ2v) is 9.03. The first kappa shape index (κ1) is 26.7. The zero-order valence-electron chi connectivity index (χ0n) is 22.0. The minimum Gasteiger partial charge on any atom is -0.497 e. The first-order valence-electron chi connectivity index (χ1n) is 12.7. The van der Waals surface area contributed by atoms with E-state index in [-0.39, 0.29) is 11.3 Å². The first-order chi connectivity index (χ1) is 20.0. The van der Waals surface area contributed by atoms with Crippen molar-refractivity contribution in [2.24, 2.45) is 0 Å². The van der Waals surface area contributed by atoms with E-state index < -0.39 is 10.8 Å². The number of hydrogen-bond donors (Lipinski definition) is 1. The van der Waals surface area contributed by atoms with Gasteiger partial charge in [-0.1, -0.05) is 60.7 Å². The maximum absolute atomic E-state index is 13.2. The van der Waals surface area contributed by atoms with Crippen LogP contribution in [0.2, 0.25) is 0 Å². The van der Waals surface area contributed by atoms with Crippen molar-refractivity contribution in [1.82, 2.24) is 4.57 Å². The third kappa shape index (κ3) is 5.75. The van der Waals surface area contributed by atoms with Gasteiger partial charge in [0, 0.05) is 29.1 Å². The monoisotopic (exact) mass is 540 g/mol. The molecule has 0 unspecified atom stereocenters. The summed E-state index contributed by atoms with van der Waals surface area (Å²) < 4.78 is 7.15. The second kappa shape index (κ2) is 11.8. The van der Waals surface area contributed by atoms with E-state index in [2.05, 4.69) is 5.32 Å². The van der Waals surface area contributed by atoms with Crippen LogP contribution < -0.4 is 10.1 Å². The molecule has 0 saturated carbocycles. The number of amides is 1. The molecule has 1 aromatic heterocycles. The van der Waals surface area contributed by atoms with Crippen LogP contribution in [0.4, 0.5) is 11.4 Å². The van der Waals surface area contributed by atoms with Crippen LogP contribution in [0.3, 0.4) is 0 Å². The van der Waals surface area contributed by atoms with Crippen LogP contribution in [0, 0.1) is 21.4 Å². The van der Waals surface area contributed by atoms with Crippen LogP contribution in [-0.2, 0) is 4.79 Å². The van der Waals surface area contributed by atoms with E-state index >= 15 is 0 Å². The molecule has 5 aromatic rings. The van der Waals surface area contributed by atoms with Crippen LogP contribution in [0.1, 0.15) is 5.56 Å². The van der Waals surface area contributed by atoms with Crippen LogP contribution in [0.25, 0.3) is 34.3 Å². The normalized spacial score (nSPS) is 11.0. The first-order valence-corrected chi connectivity index (χ1v) is 12.7. The lowest BCUT2D eigenvalue weighted by Crippen LogP contribution is -2.13. The number of carbonyl (C=O) groups excluding carboxylic acids is 1. The van der Waals surface area contributed by atoms with Crippen molar-refractivity contribution in [2.75, 3.05) is 12.4 Å². The van der Waals surface area contributed by atoms with Crippen molar-refractivity contribution in [3.8, 4) is 40.0 Å². The fourth-order valence-corrected chi connectivity index (χ4v) is 4.52. The number of rotatable bonds is 8. The minimum atomic E-state index is -0.555. The molecule has 0 spiro atoms. The molecule has 0 aliphatic rings. The number of methoxy groups -OCH3 is 1. The maximum atomic E-state index is 13.2. The molecule has 1 heterocycles. The molecule has 0 fully saturated rings. The Kier molecular flexibility index (Phi) is 7.70. The summed E-state index contributed by atoms with van der Waals surface area (Å²) in [7, 11) is 1.56. The zero-order valence-corrected chi connectivity index (χ0v) is 22.0. The molecule has 0 bridgehead atoms. The van der Waals surface area contributed by atoms with E-state index in [0.717, 1.165) is 22.5 Å². The van der Waals surface area contributed by atoms with Crippen molar-refractivity contribution >= 4 is 23.4 Å². The molecule has 0 atom stereocenters. The average molecular weight is 541 g/mol. The Morgan fingerprint density at radius 1 is 0.902 bits per heavy atom. The number of benzene rings is 4. The van der Waals surface area contributed by atoms with E-state index in [1.165, 1.54) is 12.1 Å². The van der Waals surface area contributed by atoms with Gasteiger partial charge in [0.05, 0.1) is 23.4 Å². The molecule has 0 aliphatic carbocycles. The van der Waals surface area contributed by atoms with Crippen molar-refractivity contribution in [3.05, 3.63) is 137 Å². The molecule has 0 radical (unpaired) electrons. The molecular formula is C33H24N4O4. The molecule has 5 rings (SSSR count). The highest BCUT2D eigenvalue weighted by atomic mass is 16.6. The van der Waals surface area contributed by atoms with Gasteiger partial charge in [-0.05, 0) is 59.7 Å². The second-order valence-electron chi connectivity index (χ2n) is 9.03. The highest BCUT2D eigenvalue weighted by Gasteiger charge is 2.21. The smallest absolute Gasteiger partial charge is 0.269 e. The zero-order chi connectivity index (χ0) is 28.8. The van der Waals surface area contributed by atoms with Crippen LogP contribution >= 0.6 is 0 Å². The van der Waals surface area contributed by atoms with Gasteiger partial charge in [-0.15, -0.1) is 0 Å². The van der Waals surface area contributed by atoms with Gasteiger partial charge in [0.1, 0.15) is 17.4 Å². The SMILES string of the molecule is COc1ccc(NC(=O)/C(C#N)=C/c2cc(-c3ccccc3)n(-c3ccc([N+](=O)[O-])cc3)c2-c2ccccc2)cc1. The summed E-state index contributed by atoms with van der Waals surface area (Å²) in [6.07, 6.45) is 1.56.